The van der Waals surface area contributed by atoms with Gasteiger partial charge < -0.3 is 9.64 Å². The Labute approximate surface area is 134 Å². The number of likely N-dealkylation sites (N-methyl/N-ethyl adjacent to an activating group) is 1. The van der Waals surface area contributed by atoms with Crippen LogP contribution in [0, 0.1) is 11.3 Å². The van der Waals surface area contributed by atoms with Crippen molar-refractivity contribution in [3.63, 3.8) is 0 Å². The normalized spacial score (nSPS) is 11.2. The van der Waals surface area contributed by atoms with Crippen LogP contribution >= 0.6 is 0 Å². The van der Waals surface area contributed by atoms with E-state index in [9.17, 15) is 9.59 Å². The third kappa shape index (κ3) is 3.95. The molecule has 0 aromatic heterocycles. The molecule has 1 atom stereocenters. The van der Waals surface area contributed by atoms with Gasteiger partial charge in [-0.3, -0.25) is 4.79 Å². The standard InChI is InChI=1S/C18H16N2O3/c1-20(2)17(21)16(14-8-4-3-5-9-14)23-18(22)15-10-6-7-13(11-15)12-19/h3-11,16H,1-2H3/t16-/m0/s1. The van der Waals surface area contributed by atoms with Gasteiger partial charge in [0.05, 0.1) is 17.2 Å². The number of hydrogen-bond acceptors (Lipinski definition) is 4. The third-order valence-electron chi connectivity index (χ3n) is 3.22. The maximum Gasteiger partial charge on any atom is 0.339 e. The Hall–Kier alpha value is -3.13. The Kier molecular flexibility index (Phi) is 5.11. The quantitative estimate of drug-likeness (QED) is 0.814. The van der Waals surface area contributed by atoms with Gasteiger partial charge >= 0.3 is 5.97 Å². The molecule has 0 unspecified atom stereocenters. The first-order valence-electron chi connectivity index (χ1n) is 7.00. The number of amides is 1. The van der Waals surface area contributed by atoms with Crippen molar-refractivity contribution in [3.05, 3.63) is 71.3 Å². The first-order valence-corrected chi connectivity index (χ1v) is 7.00. The first-order chi connectivity index (χ1) is 11.0. The molecular formula is C18H16N2O3. The number of hydrogen-bond donors (Lipinski definition) is 0. The number of carbonyl (C=O) groups excluding carboxylic acids is 2. The summed E-state index contributed by atoms with van der Waals surface area (Å²) in [4.78, 5) is 26.0. The predicted octanol–water partition coefficient (Wildman–Crippen LogP) is 2.54. The predicted molar refractivity (Wildman–Crippen MR) is 84.4 cm³/mol. The molecule has 0 aliphatic rings. The van der Waals surface area contributed by atoms with E-state index in [1.165, 1.54) is 11.0 Å². The summed E-state index contributed by atoms with van der Waals surface area (Å²) >= 11 is 0. The summed E-state index contributed by atoms with van der Waals surface area (Å²) in [5.74, 6) is -0.979. The van der Waals surface area contributed by atoms with Crippen LogP contribution < -0.4 is 0 Å². The molecule has 0 aliphatic carbocycles. The summed E-state index contributed by atoms with van der Waals surface area (Å²) < 4.78 is 5.41. The fourth-order valence-electron chi connectivity index (χ4n) is 2.01. The fourth-order valence-corrected chi connectivity index (χ4v) is 2.01. The smallest absolute Gasteiger partial charge is 0.339 e. The first kappa shape index (κ1) is 16.2. The molecule has 0 heterocycles. The number of benzene rings is 2. The fraction of sp³-hybridized carbons (Fsp3) is 0.167. The van der Waals surface area contributed by atoms with E-state index in [-0.39, 0.29) is 11.5 Å². The lowest BCUT2D eigenvalue weighted by molar-refractivity contribution is -0.138. The van der Waals surface area contributed by atoms with Gasteiger partial charge in [0.2, 0.25) is 6.10 Å². The van der Waals surface area contributed by atoms with E-state index in [4.69, 9.17) is 10.00 Å². The number of nitriles is 1. The number of esters is 1. The van der Waals surface area contributed by atoms with E-state index in [1.807, 2.05) is 12.1 Å². The van der Waals surface area contributed by atoms with Crippen LogP contribution in [0.1, 0.15) is 27.6 Å². The minimum Gasteiger partial charge on any atom is -0.444 e. The van der Waals surface area contributed by atoms with Crippen LogP contribution in [-0.2, 0) is 9.53 Å². The van der Waals surface area contributed by atoms with Gasteiger partial charge in [0.1, 0.15) is 0 Å². The molecular weight excluding hydrogens is 292 g/mol. The number of nitrogens with zero attached hydrogens (tertiary/aromatic N) is 2. The van der Waals surface area contributed by atoms with Gasteiger partial charge in [-0.25, -0.2) is 4.79 Å². The summed E-state index contributed by atoms with van der Waals surface area (Å²) in [6.45, 7) is 0. The van der Waals surface area contributed by atoms with E-state index in [2.05, 4.69) is 0 Å². The van der Waals surface area contributed by atoms with Gasteiger partial charge in [0, 0.05) is 19.7 Å². The lowest BCUT2D eigenvalue weighted by Crippen LogP contribution is -2.31. The third-order valence-corrected chi connectivity index (χ3v) is 3.22. The second-order valence-corrected chi connectivity index (χ2v) is 5.12. The molecule has 0 saturated heterocycles. The van der Waals surface area contributed by atoms with E-state index in [0.29, 0.717) is 11.1 Å². The summed E-state index contributed by atoms with van der Waals surface area (Å²) in [6, 6.07) is 17.0. The van der Waals surface area contributed by atoms with Crippen molar-refractivity contribution in [1.82, 2.24) is 4.90 Å². The topological polar surface area (TPSA) is 70.4 Å². The van der Waals surface area contributed by atoms with Crippen LogP contribution in [0.5, 0.6) is 0 Å². The Morgan fingerprint density at radius 3 is 2.39 bits per heavy atom. The Morgan fingerprint density at radius 2 is 1.78 bits per heavy atom. The van der Waals surface area contributed by atoms with E-state index in [1.54, 1.807) is 56.6 Å². The summed E-state index contributed by atoms with van der Waals surface area (Å²) in [5, 5.41) is 8.90. The van der Waals surface area contributed by atoms with Crippen LogP contribution in [0.3, 0.4) is 0 Å². The molecule has 5 nitrogen and oxygen atoms in total. The van der Waals surface area contributed by atoms with Crippen molar-refractivity contribution >= 4 is 11.9 Å². The molecule has 2 aromatic carbocycles. The summed E-state index contributed by atoms with van der Waals surface area (Å²) in [5.41, 5.74) is 1.18. The molecule has 2 rings (SSSR count). The summed E-state index contributed by atoms with van der Waals surface area (Å²) in [6.07, 6.45) is -1.02. The van der Waals surface area contributed by atoms with Gasteiger partial charge in [-0.1, -0.05) is 36.4 Å². The second-order valence-electron chi connectivity index (χ2n) is 5.12. The number of carbonyl (C=O) groups is 2. The molecule has 2 aromatic rings. The minimum absolute atomic E-state index is 0.233. The average Bonchev–Trinajstić information content (AvgIpc) is 2.59. The van der Waals surface area contributed by atoms with Gasteiger partial charge in [0.15, 0.2) is 0 Å². The summed E-state index contributed by atoms with van der Waals surface area (Å²) in [7, 11) is 3.20. The maximum absolute atomic E-state index is 12.3. The molecule has 23 heavy (non-hydrogen) atoms. The second kappa shape index (κ2) is 7.23. The van der Waals surface area contributed by atoms with Crippen molar-refractivity contribution in [2.45, 2.75) is 6.10 Å². The van der Waals surface area contributed by atoms with Gasteiger partial charge in [-0.15, -0.1) is 0 Å². The highest BCUT2D eigenvalue weighted by Crippen LogP contribution is 2.21. The highest BCUT2D eigenvalue weighted by Gasteiger charge is 2.27. The van der Waals surface area contributed by atoms with Gasteiger partial charge in [-0.05, 0) is 18.2 Å². The van der Waals surface area contributed by atoms with Crippen LogP contribution in [0.4, 0.5) is 0 Å². The molecule has 0 bridgehead atoms. The molecule has 0 radical (unpaired) electrons. The maximum atomic E-state index is 12.3. The van der Waals surface area contributed by atoms with Crippen molar-refractivity contribution in [1.29, 1.82) is 5.26 Å². The molecule has 0 spiro atoms. The molecule has 0 aliphatic heterocycles. The van der Waals surface area contributed by atoms with Crippen LogP contribution in [0.15, 0.2) is 54.6 Å². The number of ether oxygens (including phenoxy) is 1. The van der Waals surface area contributed by atoms with Crippen LogP contribution in [0.25, 0.3) is 0 Å². The van der Waals surface area contributed by atoms with Crippen molar-refractivity contribution in [2.24, 2.45) is 0 Å². The zero-order chi connectivity index (χ0) is 16.8. The molecule has 116 valence electrons. The molecule has 5 heteroatoms. The van der Waals surface area contributed by atoms with E-state index in [0.717, 1.165) is 0 Å². The minimum atomic E-state index is -1.02. The van der Waals surface area contributed by atoms with Gasteiger partial charge in [-0.2, -0.15) is 5.26 Å². The average molecular weight is 308 g/mol. The Bertz CT molecular complexity index is 748. The lowest BCUT2D eigenvalue weighted by Gasteiger charge is -2.21. The molecule has 0 fully saturated rings. The lowest BCUT2D eigenvalue weighted by atomic mass is 10.1. The SMILES string of the molecule is CN(C)C(=O)[C@@H](OC(=O)c1cccc(C#N)c1)c1ccccc1. The van der Waals surface area contributed by atoms with E-state index >= 15 is 0 Å². The largest absolute Gasteiger partial charge is 0.444 e. The van der Waals surface area contributed by atoms with Crippen LogP contribution in [-0.4, -0.2) is 30.9 Å². The van der Waals surface area contributed by atoms with Crippen molar-refractivity contribution < 1.29 is 14.3 Å². The van der Waals surface area contributed by atoms with Crippen molar-refractivity contribution in [3.8, 4) is 6.07 Å². The van der Waals surface area contributed by atoms with Crippen molar-refractivity contribution in [2.75, 3.05) is 14.1 Å². The van der Waals surface area contributed by atoms with Gasteiger partial charge in [0.25, 0.3) is 5.91 Å². The highest BCUT2D eigenvalue weighted by molar-refractivity contribution is 5.93. The molecule has 0 saturated carbocycles. The zero-order valence-electron chi connectivity index (χ0n) is 12.9. The Balaban J connectivity index is 2.29. The zero-order valence-corrected chi connectivity index (χ0v) is 12.9. The number of rotatable bonds is 4. The molecule has 0 N–H and O–H groups in total. The highest BCUT2D eigenvalue weighted by atomic mass is 16.5. The Morgan fingerprint density at radius 1 is 1.09 bits per heavy atom. The van der Waals surface area contributed by atoms with E-state index < -0.39 is 12.1 Å². The monoisotopic (exact) mass is 308 g/mol. The van der Waals surface area contributed by atoms with Crippen LogP contribution in [0.2, 0.25) is 0 Å². The molecule has 1 amide bonds.